The fourth-order valence-corrected chi connectivity index (χ4v) is 1.48. The molecule has 1 unspecified atom stereocenters. The van der Waals surface area contributed by atoms with Gasteiger partial charge in [0.15, 0.2) is 0 Å². The lowest BCUT2D eigenvalue weighted by Gasteiger charge is -2.16. The molecule has 0 radical (unpaired) electrons. The Labute approximate surface area is 120 Å². The summed E-state index contributed by atoms with van der Waals surface area (Å²) >= 11 is 0. The molecule has 118 valence electrons. The van der Waals surface area contributed by atoms with Crippen LogP contribution in [0.2, 0.25) is 0 Å². The second-order valence-electron chi connectivity index (χ2n) is 4.33. The Morgan fingerprint density at radius 2 is 2.10 bits per heavy atom. The van der Waals surface area contributed by atoms with E-state index < -0.39 is 31.2 Å². The fourth-order valence-electron chi connectivity index (χ4n) is 1.48. The third-order valence-electron chi connectivity index (χ3n) is 2.60. The molecule has 5 nitrogen and oxygen atoms in total. The molecule has 3 N–H and O–H groups in total. The first-order chi connectivity index (χ1) is 9.73. The highest BCUT2D eigenvalue weighted by Crippen LogP contribution is 2.26. The topological polar surface area (TPSA) is 73.6 Å². The second-order valence-corrected chi connectivity index (χ2v) is 4.33. The van der Waals surface area contributed by atoms with Crippen molar-refractivity contribution >= 4 is 17.3 Å². The normalized spacial score (nSPS) is 12.8. The van der Waals surface area contributed by atoms with E-state index in [-0.39, 0.29) is 0 Å². The Morgan fingerprint density at radius 3 is 2.67 bits per heavy atom. The van der Waals surface area contributed by atoms with Crippen molar-refractivity contribution in [3.8, 4) is 5.75 Å². The number of carbonyl (C=O) groups excluding carboxylic acids is 1. The van der Waals surface area contributed by atoms with Gasteiger partial charge < -0.3 is 20.5 Å². The Balaban J connectivity index is 2.58. The van der Waals surface area contributed by atoms with Gasteiger partial charge in [-0.05, 0) is 25.1 Å². The van der Waals surface area contributed by atoms with Gasteiger partial charge in [0.05, 0.1) is 25.8 Å². The minimum atomic E-state index is -4.31. The van der Waals surface area contributed by atoms with Crippen molar-refractivity contribution in [1.82, 2.24) is 0 Å². The third kappa shape index (κ3) is 5.90. The molecule has 0 aromatic heterocycles. The molecule has 0 aliphatic rings. The summed E-state index contributed by atoms with van der Waals surface area (Å²) in [5.41, 5.74) is 6.34. The molecule has 0 saturated carbocycles. The lowest BCUT2D eigenvalue weighted by Crippen LogP contribution is -2.29. The van der Waals surface area contributed by atoms with Crippen molar-refractivity contribution in [3.05, 3.63) is 18.2 Å². The molecule has 0 heterocycles. The summed E-state index contributed by atoms with van der Waals surface area (Å²) in [7, 11) is 1.42. The van der Waals surface area contributed by atoms with Gasteiger partial charge >= 0.3 is 6.18 Å². The minimum absolute atomic E-state index is 0.328. The maximum absolute atomic E-state index is 12.0. The van der Waals surface area contributed by atoms with Gasteiger partial charge in [-0.2, -0.15) is 13.2 Å². The van der Waals surface area contributed by atoms with Crippen LogP contribution in [-0.2, 0) is 9.53 Å². The van der Waals surface area contributed by atoms with Crippen molar-refractivity contribution in [2.24, 2.45) is 0 Å². The van der Waals surface area contributed by atoms with Gasteiger partial charge in [0.1, 0.15) is 11.9 Å². The van der Waals surface area contributed by atoms with Crippen molar-refractivity contribution in [2.75, 3.05) is 24.8 Å². The zero-order chi connectivity index (χ0) is 16.0. The Kier molecular flexibility index (Phi) is 5.83. The number of halogens is 3. The van der Waals surface area contributed by atoms with Gasteiger partial charge in [-0.15, -0.1) is 0 Å². The van der Waals surface area contributed by atoms with Gasteiger partial charge in [0.25, 0.3) is 5.91 Å². The average Bonchev–Trinajstić information content (AvgIpc) is 2.37. The number of methoxy groups -OCH3 is 1. The molecule has 0 fully saturated rings. The largest absolute Gasteiger partial charge is 0.495 e. The van der Waals surface area contributed by atoms with Crippen LogP contribution in [0.15, 0.2) is 18.2 Å². The molecule has 1 amide bonds. The average molecular weight is 306 g/mol. The molecular formula is C13H17F3N2O3. The molecule has 1 aromatic carbocycles. The van der Waals surface area contributed by atoms with Crippen molar-refractivity contribution in [3.63, 3.8) is 0 Å². The number of alkyl halides is 3. The Bertz CT molecular complexity index is 492. The summed E-state index contributed by atoms with van der Waals surface area (Å²) in [5.74, 6) is -0.193. The van der Waals surface area contributed by atoms with Crippen molar-refractivity contribution < 1.29 is 27.4 Å². The van der Waals surface area contributed by atoms with E-state index in [2.05, 4.69) is 5.32 Å². The van der Waals surface area contributed by atoms with Gasteiger partial charge in [-0.1, -0.05) is 0 Å². The van der Waals surface area contributed by atoms with Crippen LogP contribution in [0.3, 0.4) is 0 Å². The Hall–Kier alpha value is -1.96. The molecule has 1 atom stereocenters. The number of ether oxygens (including phenoxy) is 2. The van der Waals surface area contributed by atoms with Crippen molar-refractivity contribution in [1.29, 1.82) is 0 Å². The molecule has 1 rings (SSSR count). The number of nitrogen functional groups attached to an aromatic ring is 1. The summed E-state index contributed by atoms with van der Waals surface area (Å²) in [6.45, 7) is 0.788. The molecule has 0 bridgehead atoms. The number of benzene rings is 1. The number of carbonyl (C=O) groups is 1. The number of nitrogens with two attached hydrogens (primary N) is 1. The van der Waals surface area contributed by atoms with Crippen LogP contribution in [0.25, 0.3) is 0 Å². The molecular weight excluding hydrogens is 289 g/mol. The van der Waals surface area contributed by atoms with Gasteiger partial charge in [-0.3, -0.25) is 4.79 Å². The maximum atomic E-state index is 12.0. The predicted molar refractivity (Wildman–Crippen MR) is 72.1 cm³/mol. The number of rotatable bonds is 6. The third-order valence-corrected chi connectivity index (χ3v) is 2.60. The SMILES string of the molecule is COc1ccc(N)cc1NC(=O)C(C)OCCC(F)(F)F. The quantitative estimate of drug-likeness (QED) is 0.792. The first-order valence-corrected chi connectivity index (χ1v) is 6.15. The number of amides is 1. The summed E-state index contributed by atoms with van der Waals surface area (Å²) in [5, 5.41) is 2.50. The van der Waals surface area contributed by atoms with Crippen LogP contribution in [0.4, 0.5) is 24.5 Å². The monoisotopic (exact) mass is 306 g/mol. The van der Waals surface area contributed by atoms with Crippen LogP contribution in [0.5, 0.6) is 5.75 Å². The van der Waals surface area contributed by atoms with Gasteiger partial charge in [-0.25, -0.2) is 0 Å². The van der Waals surface area contributed by atoms with Crippen molar-refractivity contribution in [2.45, 2.75) is 25.6 Å². The molecule has 0 aliphatic carbocycles. The van der Waals surface area contributed by atoms with E-state index in [1.807, 2.05) is 0 Å². The molecule has 1 aromatic rings. The van der Waals surface area contributed by atoms with E-state index in [9.17, 15) is 18.0 Å². The zero-order valence-corrected chi connectivity index (χ0v) is 11.7. The predicted octanol–water partition coefficient (Wildman–Crippen LogP) is 2.57. The lowest BCUT2D eigenvalue weighted by atomic mass is 10.2. The van der Waals surface area contributed by atoms with E-state index in [0.29, 0.717) is 17.1 Å². The first kappa shape index (κ1) is 17.1. The second kappa shape index (κ2) is 7.16. The first-order valence-electron chi connectivity index (χ1n) is 6.15. The van der Waals surface area contributed by atoms with E-state index in [4.69, 9.17) is 15.2 Å². The highest BCUT2D eigenvalue weighted by atomic mass is 19.4. The van der Waals surface area contributed by atoms with Crippen LogP contribution >= 0.6 is 0 Å². The molecule has 0 saturated heterocycles. The highest BCUT2D eigenvalue weighted by Gasteiger charge is 2.27. The van der Waals surface area contributed by atoms with E-state index >= 15 is 0 Å². The van der Waals surface area contributed by atoms with E-state index in [1.165, 1.54) is 20.1 Å². The van der Waals surface area contributed by atoms with E-state index in [1.54, 1.807) is 12.1 Å². The lowest BCUT2D eigenvalue weighted by molar-refractivity contribution is -0.152. The van der Waals surface area contributed by atoms with E-state index in [0.717, 1.165) is 0 Å². The Morgan fingerprint density at radius 1 is 1.43 bits per heavy atom. The molecule has 0 aliphatic heterocycles. The number of nitrogens with one attached hydrogen (secondary N) is 1. The fraction of sp³-hybridized carbons (Fsp3) is 0.462. The van der Waals surface area contributed by atoms with Crippen LogP contribution in [0, 0.1) is 0 Å². The van der Waals surface area contributed by atoms with Crippen LogP contribution in [0.1, 0.15) is 13.3 Å². The number of anilines is 2. The number of hydrogen-bond donors (Lipinski definition) is 2. The van der Waals surface area contributed by atoms with Gasteiger partial charge in [0, 0.05) is 5.69 Å². The molecule has 8 heteroatoms. The van der Waals surface area contributed by atoms with Crippen LogP contribution < -0.4 is 15.8 Å². The smallest absolute Gasteiger partial charge is 0.391 e. The minimum Gasteiger partial charge on any atom is -0.495 e. The maximum Gasteiger partial charge on any atom is 0.391 e. The summed E-state index contributed by atoms with van der Waals surface area (Å²) < 4.78 is 45.9. The van der Waals surface area contributed by atoms with Crippen LogP contribution in [-0.4, -0.2) is 31.9 Å². The number of hydrogen-bond acceptors (Lipinski definition) is 4. The zero-order valence-electron chi connectivity index (χ0n) is 11.7. The molecule has 0 spiro atoms. The summed E-state index contributed by atoms with van der Waals surface area (Å²) in [4.78, 5) is 11.8. The highest BCUT2D eigenvalue weighted by molar-refractivity contribution is 5.95. The standard InChI is InChI=1S/C13H17F3N2O3/c1-8(21-6-5-13(14,15)16)12(19)18-10-7-9(17)3-4-11(10)20-2/h3-4,7-8H,5-6,17H2,1-2H3,(H,18,19). The van der Waals surface area contributed by atoms with Gasteiger partial charge in [0.2, 0.25) is 0 Å². The molecule has 21 heavy (non-hydrogen) atoms. The summed E-state index contributed by atoms with van der Waals surface area (Å²) in [6.07, 6.45) is -6.45. The summed E-state index contributed by atoms with van der Waals surface area (Å²) in [6, 6.07) is 4.65.